The normalized spacial score (nSPS) is 10.1. The van der Waals surface area contributed by atoms with Gasteiger partial charge in [-0.1, -0.05) is 0 Å². The fraction of sp³-hybridized carbons (Fsp3) is 0.500. The number of carbonyl (C=O) groups is 1. The number of anilines is 2. The highest BCUT2D eigenvalue weighted by Crippen LogP contribution is 2.17. The number of methoxy groups -OCH3 is 1. The van der Waals surface area contributed by atoms with Crippen LogP contribution in [0.3, 0.4) is 0 Å². The molecular formula is C14H23N3O2. The van der Waals surface area contributed by atoms with Crippen LogP contribution in [-0.4, -0.2) is 39.4 Å². The maximum Gasteiger partial charge on any atom is 0.319 e. The third-order valence-corrected chi connectivity index (χ3v) is 2.85. The lowest BCUT2D eigenvalue weighted by molar-refractivity contribution is 0.198. The molecule has 0 atom stereocenters. The van der Waals surface area contributed by atoms with E-state index < -0.39 is 0 Å². The molecule has 0 spiro atoms. The van der Waals surface area contributed by atoms with Gasteiger partial charge in [0.2, 0.25) is 0 Å². The molecule has 5 heteroatoms. The summed E-state index contributed by atoms with van der Waals surface area (Å²) in [6.07, 6.45) is 0. The van der Waals surface area contributed by atoms with Crippen LogP contribution in [0.4, 0.5) is 16.2 Å². The predicted molar refractivity (Wildman–Crippen MR) is 78.9 cm³/mol. The van der Waals surface area contributed by atoms with Crippen LogP contribution >= 0.6 is 0 Å². The number of benzene rings is 1. The molecular weight excluding hydrogens is 242 g/mol. The molecule has 106 valence electrons. The maximum atomic E-state index is 11.5. The van der Waals surface area contributed by atoms with Gasteiger partial charge in [0.15, 0.2) is 0 Å². The van der Waals surface area contributed by atoms with E-state index in [1.807, 2.05) is 24.3 Å². The third kappa shape index (κ3) is 5.18. The molecule has 0 aromatic heterocycles. The number of nitrogens with zero attached hydrogens (tertiary/aromatic N) is 1. The van der Waals surface area contributed by atoms with Crippen LogP contribution in [0.25, 0.3) is 0 Å². The number of amides is 2. The van der Waals surface area contributed by atoms with Crippen LogP contribution < -0.4 is 15.5 Å². The van der Waals surface area contributed by atoms with Crippen LogP contribution in [0.1, 0.15) is 13.8 Å². The summed E-state index contributed by atoms with van der Waals surface area (Å²) in [5.41, 5.74) is 1.95. The highest BCUT2D eigenvalue weighted by Gasteiger charge is 2.03. The summed E-state index contributed by atoms with van der Waals surface area (Å²) in [5.74, 6) is 0. The summed E-state index contributed by atoms with van der Waals surface area (Å²) >= 11 is 0. The van der Waals surface area contributed by atoms with Crippen molar-refractivity contribution in [3.8, 4) is 0 Å². The van der Waals surface area contributed by atoms with Gasteiger partial charge in [-0.05, 0) is 38.1 Å². The van der Waals surface area contributed by atoms with E-state index in [0.717, 1.165) is 24.5 Å². The van der Waals surface area contributed by atoms with Gasteiger partial charge in [0.25, 0.3) is 0 Å². The minimum atomic E-state index is -0.215. The van der Waals surface area contributed by atoms with Gasteiger partial charge < -0.3 is 20.3 Å². The first-order chi connectivity index (χ1) is 9.21. The van der Waals surface area contributed by atoms with E-state index in [9.17, 15) is 4.79 Å². The van der Waals surface area contributed by atoms with Crippen molar-refractivity contribution in [3.05, 3.63) is 24.3 Å². The van der Waals surface area contributed by atoms with Crippen molar-refractivity contribution in [2.24, 2.45) is 0 Å². The second-order valence-electron chi connectivity index (χ2n) is 4.09. The van der Waals surface area contributed by atoms with Crippen molar-refractivity contribution in [2.75, 3.05) is 43.6 Å². The second kappa shape index (κ2) is 8.37. The minimum absolute atomic E-state index is 0.215. The number of hydrogen-bond donors (Lipinski definition) is 2. The van der Waals surface area contributed by atoms with Gasteiger partial charge in [-0.2, -0.15) is 0 Å². The number of hydrogen-bond acceptors (Lipinski definition) is 3. The molecule has 0 fully saturated rings. The smallest absolute Gasteiger partial charge is 0.319 e. The number of urea groups is 1. The fourth-order valence-corrected chi connectivity index (χ4v) is 1.79. The molecule has 0 bridgehead atoms. The molecule has 19 heavy (non-hydrogen) atoms. The zero-order valence-corrected chi connectivity index (χ0v) is 11.9. The van der Waals surface area contributed by atoms with Crippen molar-refractivity contribution < 1.29 is 9.53 Å². The Hall–Kier alpha value is -1.75. The van der Waals surface area contributed by atoms with E-state index in [0.29, 0.717) is 13.2 Å². The highest BCUT2D eigenvalue weighted by molar-refractivity contribution is 5.89. The average molecular weight is 265 g/mol. The Bertz CT molecular complexity index is 375. The van der Waals surface area contributed by atoms with Gasteiger partial charge in [-0.25, -0.2) is 4.79 Å². The van der Waals surface area contributed by atoms with Gasteiger partial charge in [-0.3, -0.25) is 0 Å². The zero-order valence-electron chi connectivity index (χ0n) is 11.9. The van der Waals surface area contributed by atoms with Crippen molar-refractivity contribution in [2.45, 2.75) is 13.8 Å². The molecule has 0 aliphatic heterocycles. The Morgan fingerprint density at radius 2 is 1.84 bits per heavy atom. The summed E-state index contributed by atoms with van der Waals surface area (Å²) < 4.78 is 4.86. The fourth-order valence-electron chi connectivity index (χ4n) is 1.79. The Balaban J connectivity index is 2.50. The minimum Gasteiger partial charge on any atom is -0.383 e. The first kappa shape index (κ1) is 15.3. The maximum absolute atomic E-state index is 11.5. The molecule has 5 nitrogen and oxygen atoms in total. The van der Waals surface area contributed by atoms with E-state index in [2.05, 4.69) is 29.4 Å². The predicted octanol–water partition coefficient (Wildman–Crippen LogP) is 2.30. The Morgan fingerprint density at radius 1 is 1.21 bits per heavy atom. The van der Waals surface area contributed by atoms with Crippen LogP contribution in [-0.2, 0) is 4.74 Å². The lowest BCUT2D eigenvalue weighted by Gasteiger charge is -2.21. The Labute approximate surface area is 114 Å². The molecule has 2 N–H and O–H groups in total. The van der Waals surface area contributed by atoms with E-state index in [1.54, 1.807) is 7.11 Å². The van der Waals surface area contributed by atoms with Crippen molar-refractivity contribution >= 4 is 17.4 Å². The van der Waals surface area contributed by atoms with Crippen molar-refractivity contribution in [1.82, 2.24) is 5.32 Å². The lowest BCUT2D eigenvalue weighted by atomic mass is 10.2. The second-order valence-corrected chi connectivity index (χ2v) is 4.09. The Kier molecular flexibility index (Phi) is 6.74. The van der Waals surface area contributed by atoms with E-state index >= 15 is 0 Å². The van der Waals surface area contributed by atoms with Crippen LogP contribution in [0.15, 0.2) is 24.3 Å². The molecule has 0 saturated carbocycles. The zero-order chi connectivity index (χ0) is 14.1. The summed E-state index contributed by atoms with van der Waals surface area (Å²) in [6.45, 7) is 7.20. The summed E-state index contributed by atoms with van der Waals surface area (Å²) in [6, 6.07) is 7.62. The SMILES string of the molecule is CCN(CC)c1ccc(NC(=O)NCCOC)cc1. The van der Waals surface area contributed by atoms with Crippen molar-refractivity contribution in [3.63, 3.8) is 0 Å². The molecule has 1 rings (SSSR count). The quantitative estimate of drug-likeness (QED) is 0.744. The molecule has 0 aliphatic rings. The van der Waals surface area contributed by atoms with Crippen molar-refractivity contribution in [1.29, 1.82) is 0 Å². The lowest BCUT2D eigenvalue weighted by Crippen LogP contribution is -2.31. The first-order valence-electron chi connectivity index (χ1n) is 6.60. The summed E-state index contributed by atoms with van der Waals surface area (Å²) in [7, 11) is 1.60. The van der Waals surface area contributed by atoms with E-state index in [-0.39, 0.29) is 6.03 Å². The Morgan fingerprint density at radius 3 is 2.37 bits per heavy atom. The van der Waals surface area contributed by atoms with Crippen LogP contribution in [0, 0.1) is 0 Å². The molecule has 0 aliphatic carbocycles. The standard InChI is InChI=1S/C14H23N3O2/c1-4-17(5-2)13-8-6-12(7-9-13)16-14(18)15-10-11-19-3/h6-9H,4-5,10-11H2,1-3H3,(H2,15,16,18). The third-order valence-electron chi connectivity index (χ3n) is 2.85. The van der Waals surface area contributed by atoms with Gasteiger partial charge in [0, 0.05) is 38.1 Å². The number of carbonyl (C=O) groups excluding carboxylic acids is 1. The van der Waals surface area contributed by atoms with Gasteiger partial charge >= 0.3 is 6.03 Å². The monoisotopic (exact) mass is 265 g/mol. The molecule has 2 amide bonds. The molecule has 0 saturated heterocycles. The summed E-state index contributed by atoms with van der Waals surface area (Å²) in [4.78, 5) is 13.8. The van der Waals surface area contributed by atoms with Gasteiger partial charge in [0.1, 0.15) is 0 Å². The molecule has 0 heterocycles. The molecule has 1 aromatic rings. The highest BCUT2D eigenvalue weighted by atomic mass is 16.5. The number of nitrogens with one attached hydrogen (secondary N) is 2. The van der Waals surface area contributed by atoms with Crippen LogP contribution in [0.2, 0.25) is 0 Å². The molecule has 1 aromatic carbocycles. The van der Waals surface area contributed by atoms with Crippen LogP contribution in [0.5, 0.6) is 0 Å². The topological polar surface area (TPSA) is 53.6 Å². The number of ether oxygens (including phenoxy) is 1. The summed E-state index contributed by atoms with van der Waals surface area (Å²) in [5, 5.41) is 5.49. The molecule has 0 unspecified atom stereocenters. The number of rotatable bonds is 7. The van der Waals surface area contributed by atoms with Gasteiger partial charge in [-0.15, -0.1) is 0 Å². The largest absolute Gasteiger partial charge is 0.383 e. The average Bonchev–Trinajstić information content (AvgIpc) is 2.42. The van der Waals surface area contributed by atoms with E-state index in [4.69, 9.17) is 4.74 Å². The molecule has 0 radical (unpaired) electrons. The van der Waals surface area contributed by atoms with Gasteiger partial charge in [0.05, 0.1) is 6.61 Å². The first-order valence-corrected chi connectivity index (χ1v) is 6.60. The van der Waals surface area contributed by atoms with E-state index in [1.165, 1.54) is 0 Å².